The van der Waals surface area contributed by atoms with Crippen LogP contribution < -0.4 is 20.9 Å². The number of pyridine rings is 1. The molecule has 0 spiro atoms. The number of carbonyl (C=O) groups excluding carboxylic acids is 3. The van der Waals surface area contributed by atoms with Crippen LogP contribution >= 0.6 is 0 Å². The molecule has 3 amide bonds. The molecule has 0 radical (unpaired) electrons. The van der Waals surface area contributed by atoms with E-state index in [1.807, 2.05) is 12.1 Å². The van der Waals surface area contributed by atoms with E-state index in [1.165, 1.54) is 41.4 Å². The van der Waals surface area contributed by atoms with Crippen molar-refractivity contribution < 1.29 is 32.3 Å². The second-order valence-electron chi connectivity index (χ2n) is 9.01. The van der Waals surface area contributed by atoms with Crippen molar-refractivity contribution in [3.05, 3.63) is 96.3 Å². The molecule has 1 saturated heterocycles. The minimum absolute atomic E-state index is 0.130. The predicted molar refractivity (Wildman–Crippen MR) is 140 cm³/mol. The third-order valence-corrected chi connectivity index (χ3v) is 6.53. The first kappa shape index (κ1) is 28.1. The summed E-state index contributed by atoms with van der Waals surface area (Å²) < 4.78 is 43.7. The molecule has 1 fully saturated rings. The highest BCUT2D eigenvalue weighted by Gasteiger charge is 2.50. The summed E-state index contributed by atoms with van der Waals surface area (Å²) in [6.07, 6.45) is -1.70. The smallest absolute Gasteiger partial charge is 0.416 e. The Morgan fingerprint density at radius 2 is 1.80 bits per heavy atom. The van der Waals surface area contributed by atoms with Gasteiger partial charge in [0.05, 0.1) is 18.4 Å². The average Bonchev–Trinajstić information content (AvgIpc) is 3.27. The monoisotopic (exact) mass is 553 g/mol. The van der Waals surface area contributed by atoms with Crippen LogP contribution in [0.4, 0.5) is 24.5 Å². The standard InChI is InChI=1S/C28H26F3N5O4/c1-3-27(14-16-36(26(27)39)17-18-6-12-21(40-2)13-7-18)25(38)35-34-24(37)23-22(5-4-15-32-23)33-20-10-8-19(9-11-20)28(29,30)31/h3-13,15,33H,1,14,16-17H2,2H3,(H,34,37)(H,35,38). The van der Waals surface area contributed by atoms with Gasteiger partial charge < -0.3 is 15.0 Å². The number of benzene rings is 2. The second-order valence-corrected chi connectivity index (χ2v) is 9.01. The molecule has 2 aromatic carbocycles. The van der Waals surface area contributed by atoms with E-state index in [-0.39, 0.29) is 30.0 Å². The molecule has 3 aromatic rings. The molecule has 0 saturated carbocycles. The van der Waals surface area contributed by atoms with Crippen molar-refractivity contribution in [2.45, 2.75) is 19.1 Å². The van der Waals surface area contributed by atoms with Crippen molar-refractivity contribution in [1.29, 1.82) is 0 Å². The number of alkyl halides is 3. The topological polar surface area (TPSA) is 113 Å². The van der Waals surface area contributed by atoms with Gasteiger partial charge in [-0.1, -0.05) is 18.2 Å². The summed E-state index contributed by atoms with van der Waals surface area (Å²) in [5.74, 6) is -1.33. The summed E-state index contributed by atoms with van der Waals surface area (Å²) in [5, 5.41) is 2.85. The van der Waals surface area contributed by atoms with Crippen molar-refractivity contribution in [3.8, 4) is 5.75 Å². The van der Waals surface area contributed by atoms with E-state index in [2.05, 4.69) is 27.7 Å². The molecular formula is C28H26F3N5O4. The summed E-state index contributed by atoms with van der Waals surface area (Å²) >= 11 is 0. The molecule has 4 rings (SSSR count). The Kier molecular flexibility index (Phi) is 8.08. The summed E-state index contributed by atoms with van der Waals surface area (Å²) in [6, 6.07) is 14.5. The largest absolute Gasteiger partial charge is 0.497 e. The number of hydrazine groups is 1. The van der Waals surface area contributed by atoms with Crippen molar-refractivity contribution in [2.24, 2.45) is 5.41 Å². The maximum Gasteiger partial charge on any atom is 0.416 e. The summed E-state index contributed by atoms with van der Waals surface area (Å²) in [4.78, 5) is 44.8. The third-order valence-electron chi connectivity index (χ3n) is 6.53. The Labute approximate surface area is 228 Å². The number of rotatable bonds is 8. The highest BCUT2D eigenvalue weighted by Crippen LogP contribution is 2.35. The normalized spacial score (nSPS) is 16.8. The number of hydrogen-bond donors (Lipinski definition) is 3. The fraction of sp³-hybridized carbons (Fsp3) is 0.214. The van der Waals surface area contributed by atoms with Crippen molar-refractivity contribution in [3.63, 3.8) is 0 Å². The van der Waals surface area contributed by atoms with Gasteiger partial charge in [0, 0.05) is 25.0 Å². The quantitative estimate of drug-likeness (QED) is 0.219. The van der Waals surface area contributed by atoms with Gasteiger partial charge in [-0.3, -0.25) is 25.2 Å². The van der Waals surface area contributed by atoms with Gasteiger partial charge in [0.1, 0.15) is 11.2 Å². The number of ether oxygens (including phenoxy) is 1. The number of nitrogens with zero attached hydrogens (tertiary/aromatic N) is 2. The van der Waals surface area contributed by atoms with Crippen LogP contribution in [0.3, 0.4) is 0 Å². The number of halogens is 3. The van der Waals surface area contributed by atoms with Gasteiger partial charge >= 0.3 is 6.18 Å². The molecule has 0 bridgehead atoms. The van der Waals surface area contributed by atoms with Gasteiger partial charge in [0.15, 0.2) is 5.69 Å². The molecule has 2 heterocycles. The molecule has 1 atom stereocenters. The average molecular weight is 554 g/mol. The number of anilines is 2. The second kappa shape index (κ2) is 11.5. The van der Waals surface area contributed by atoms with Crippen LogP contribution in [-0.4, -0.2) is 41.3 Å². The fourth-order valence-corrected chi connectivity index (χ4v) is 4.27. The zero-order chi connectivity index (χ0) is 28.9. The molecule has 1 aliphatic rings. The SMILES string of the molecule is C=CC1(C(=O)NNC(=O)c2ncccc2Nc2ccc(C(F)(F)F)cc2)CCN(Cc2ccc(OC)cc2)C1=O. The zero-order valence-electron chi connectivity index (χ0n) is 21.4. The van der Waals surface area contributed by atoms with E-state index < -0.39 is 34.9 Å². The Bertz CT molecular complexity index is 1410. The van der Waals surface area contributed by atoms with E-state index >= 15 is 0 Å². The van der Waals surface area contributed by atoms with E-state index in [0.717, 1.165) is 17.7 Å². The molecular weight excluding hydrogens is 527 g/mol. The Balaban J connectivity index is 1.41. The fourth-order valence-electron chi connectivity index (χ4n) is 4.27. The number of methoxy groups -OCH3 is 1. The number of carbonyl (C=O) groups is 3. The van der Waals surface area contributed by atoms with Crippen LogP contribution in [0.1, 0.15) is 28.0 Å². The van der Waals surface area contributed by atoms with E-state index in [9.17, 15) is 27.6 Å². The highest BCUT2D eigenvalue weighted by atomic mass is 19.4. The molecule has 3 N–H and O–H groups in total. The molecule has 0 aliphatic carbocycles. The minimum Gasteiger partial charge on any atom is -0.497 e. The summed E-state index contributed by atoms with van der Waals surface area (Å²) in [6.45, 7) is 4.28. The lowest BCUT2D eigenvalue weighted by Gasteiger charge is -2.24. The lowest BCUT2D eigenvalue weighted by molar-refractivity contribution is -0.143. The number of amides is 3. The van der Waals surface area contributed by atoms with Crippen LogP contribution in [-0.2, 0) is 22.3 Å². The molecule has 1 unspecified atom stereocenters. The van der Waals surface area contributed by atoms with E-state index in [0.29, 0.717) is 12.3 Å². The molecule has 1 aliphatic heterocycles. The number of likely N-dealkylation sites (tertiary alicyclic amines) is 1. The van der Waals surface area contributed by atoms with Crippen LogP contribution in [0.25, 0.3) is 0 Å². The lowest BCUT2D eigenvalue weighted by atomic mass is 9.85. The van der Waals surface area contributed by atoms with Crippen LogP contribution in [0, 0.1) is 5.41 Å². The highest BCUT2D eigenvalue weighted by molar-refractivity contribution is 6.09. The van der Waals surface area contributed by atoms with Gasteiger partial charge in [-0.25, -0.2) is 4.98 Å². The minimum atomic E-state index is -4.48. The molecule has 40 heavy (non-hydrogen) atoms. The third kappa shape index (κ3) is 5.90. The van der Waals surface area contributed by atoms with Gasteiger partial charge in [0.2, 0.25) is 5.91 Å². The maximum atomic E-state index is 13.2. The Hall–Kier alpha value is -4.87. The number of aromatic nitrogens is 1. The lowest BCUT2D eigenvalue weighted by Crippen LogP contribution is -2.51. The van der Waals surface area contributed by atoms with Gasteiger partial charge in [-0.05, 0) is 60.5 Å². The van der Waals surface area contributed by atoms with Gasteiger partial charge in [-0.2, -0.15) is 13.2 Å². The first-order chi connectivity index (χ1) is 19.1. The summed E-state index contributed by atoms with van der Waals surface area (Å²) in [7, 11) is 1.55. The van der Waals surface area contributed by atoms with Crippen LogP contribution in [0.15, 0.2) is 79.5 Å². The van der Waals surface area contributed by atoms with Crippen LogP contribution in [0.5, 0.6) is 5.75 Å². The van der Waals surface area contributed by atoms with Crippen molar-refractivity contribution in [1.82, 2.24) is 20.7 Å². The number of nitrogens with one attached hydrogen (secondary N) is 3. The summed E-state index contributed by atoms with van der Waals surface area (Å²) in [5.41, 5.74) is 3.37. The predicted octanol–water partition coefficient (Wildman–Crippen LogP) is 4.22. The Morgan fingerprint density at radius 1 is 1.10 bits per heavy atom. The van der Waals surface area contributed by atoms with E-state index in [4.69, 9.17) is 4.74 Å². The maximum absolute atomic E-state index is 13.2. The van der Waals surface area contributed by atoms with Gasteiger partial charge in [-0.15, -0.1) is 6.58 Å². The van der Waals surface area contributed by atoms with E-state index in [1.54, 1.807) is 19.2 Å². The molecule has 208 valence electrons. The van der Waals surface area contributed by atoms with Crippen LogP contribution in [0.2, 0.25) is 0 Å². The van der Waals surface area contributed by atoms with Gasteiger partial charge in [0.25, 0.3) is 11.8 Å². The first-order valence-corrected chi connectivity index (χ1v) is 12.1. The molecule has 12 heteroatoms. The first-order valence-electron chi connectivity index (χ1n) is 12.1. The molecule has 1 aromatic heterocycles. The zero-order valence-corrected chi connectivity index (χ0v) is 21.4. The van der Waals surface area contributed by atoms with Crippen molar-refractivity contribution >= 4 is 29.1 Å². The number of hydrogen-bond acceptors (Lipinski definition) is 6. The van der Waals surface area contributed by atoms with Crippen molar-refractivity contribution in [2.75, 3.05) is 19.0 Å². The Morgan fingerprint density at radius 3 is 2.42 bits per heavy atom. The molecule has 9 nitrogen and oxygen atoms in total.